The van der Waals surface area contributed by atoms with E-state index in [1.807, 2.05) is 0 Å². The highest BCUT2D eigenvalue weighted by Gasteiger charge is 2.29. The molecule has 1 heterocycles. The van der Waals surface area contributed by atoms with Crippen molar-refractivity contribution < 1.29 is 22.6 Å². The van der Waals surface area contributed by atoms with Gasteiger partial charge in [0.15, 0.2) is 24.1 Å². The molecule has 1 fully saturated rings. The van der Waals surface area contributed by atoms with Gasteiger partial charge in [-0.2, -0.15) is 13.2 Å². The maximum Gasteiger partial charge on any atom is 0.422 e. The number of alkyl halides is 3. The minimum atomic E-state index is -4.39. The molecule has 0 atom stereocenters. The Labute approximate surface area is 187 Å². The molecule has 6 nitrogen and oxygen atoms in total. The van der Waals surface area contributed by atoms with Crippen LogP contribution in [0.15, 0.2) is 23.2 Å². The van der Waals surface area contributed by atoms with Gasteiger partial charge in [-0.05, 0) is 43.6 Å². The van der Waals surface area contributed by atoms with E-state index in [2.05, 4.69) is 20.5 Å². The highest BCUT2D eigenvalue weighted by Crippen LogP contribution is 2.29. The third-order valence-electron chi connectivity index (χ3n) is 4.47. The summed E-state index contributed by atoms with van der Waals surface area (Å²) in [4.78, 5) is 6.64. The van der Waals surface area contributed by atoms with Crippen LogP contribution >= 0.6 is 24.0 Å². The molecule has 166 valence electrons. The van der Waals surface area contributed by atoms with Gasteiger partial charge in [-0.3, -0.25) is 4.99 Å². The van der Waals surface area contributed by atoms with E-state index < -0.39 is 12.8 Å². The smallest absolute Gasteiger partial charge is 0.422 e. The van der Waals surface area contributed by atoms with Gasteiger partial charge in [0, 0.05) is 26.7 Å². The fourth-order valence-electron chi connectivity index (χ4n) is 3.02. The lowest BCUT2D eigenvalue weighted by Gasteiger charge is -2.26. The summed E-state index contributed by atoms with van der Waals surface area (Å²) in [5, 5.41) is 6.47. The van der Waals surface area contributed by atoms with Crippen LogP contribution in [0.4, 0.5) is 13.2 Å². The lowest BCUT2D eigenvalue weighted by atomic mass is 10.1. The number of hydrogen-bond donors (Lipinski definition) is 2. The van der Waals surface area contributed by atoms with Crippen molar-refractivity contribution in [3.8, 4) is 11.5 Å². The van der Waals surface area contributed by atoms with E-state index in [1.54, 1.807) is 19.2 Å². The first kappa shape index (κ1) is 25.6. The zero-order valence-corrected chi connectivity index (χ0v) is 19.2. The van der Waals surface area contributed by atoms with Gasteiger partial charge >= 0.3 is 6.18 Å². The number of halogens is 4. The van der Waals surface area contributed by atoms with Crippen molar-refractivity contribution in [2.24, 2.45) is 4.99 Å². The minimum Gasteiger partial charge on any atom is -0.493 e. The molecule has 2 rings (SSSR count). The van der Waals surface area contributed by atoms with Crippen LogP contribution in [0.2, 0.25) is 0 Å². The summed E-state index contributed by atoms with van der Waals surface area (Å²) in [5.74, 6) is 0.998. The topological polar surface area (TPSA) is 58.1 Å². The molecule has 1 aliphatic rings. The number of guanidine groups is 1. The van der Waals surface area contributed by atoms with Gasteiger partial charge in [-0.15, -0.1) is 24.0 Å². The Morgan fingerprint density at radius 1 is 1.14 bits per heavy atom. The van der Waals surface area contributed by atoms with E-state index in [1.165, 1.54) is 32.4 Å². The van der Waals surface area contributed by atoms with Crippen LogP contribution in [-0.2, 0) is 6.54 Å². The molecule has 29 heavy (non-hydrogen) atoms. The van der Waals surface area contributed by atoms with Crippen LogP contribution in [0.1, 0.15) is 24.8 Å². The maximum atomic E-state index is 12.3. The van der Waals surface area contributed by atoms with Crippen LogP contribution in [0.25, 0.3) is 0 Å². The van der Waals surface area contributed by atoms with Crippen molar-refractivity contribution in [2.75, 3.05) is 46.9 Å². The third kappa shape index (κ3) is 9.75. The van der Waals surface area contributed by atoms with Crippen LogP contribution < -0.4 is 20.1 Å². The predicted molar refractivity (Wildman–Crippen MR) is 118 cm³/mol. The average molecular weight is 530 g/mol. The van der Waals surface area contributed by atoms with Crippen molar-refractivity contribution in [3.63, 3.8) is 0 Å². The number of nitrogens with zero attached hydrogens (tertiary/aromatic N) is 2. The van der Waals surface area contributed by atoms with Gasteiger partial charge in [-0.1, -0.05) is 12.5 Å². The Morgan fingerprint density at radius 2 is 1.86 bits per heavy atom. The van der Waals surface area contributed by atoms with Crippen molar-refractivity contribution in [1.29, 1.82) is 0 Å². The van der Waals surface area contributed by atoms with E-state index in [4.69, 9.17) is 9.47 Å². The normalized spacial score (nSPS) is 15.4. The molecule has 0 radical (unpaired) electrons. The summed E-state index contributed by atoms with van der Waals surface area (Å²) in [5.41, 5.74) is 0.843. The highest BCUT2D eigenvalue weighted by atomic mass is 127. The molecule has 0 unspecified atom stereocenters. The lowest BCUT2D eigenvalue weighted by Crippen LogP contribution is -2.42. The number of piperidine rings is 1. The first-order valence-electron chi connectivity index (χ1n) is 9.44. The van der Waals surface area contributed by atoms with E-state index >= 15 is 0 Å². The number of aliphatic imine (C=N–C) groups is 1. The second-order valence-corrected chi connectivity index (χ2v) is 6.64. The Hall–Kier alpha value is -1.43. The summed E-state index contributed by atoms with van der Waals surface area (Å²) in [6, 6.07) is 4.83. The lowest BCUT2D eigenvalue weighted by molar-refractivity contribution is -0.153. The molecule has 1 aromatic carbocycles. The van der Waals surface area contributed by atoms with E-state index in [0.717, 1.165) is 31.7 Å². The third-order valence-corrected chi connectivity index (χ3v) is 4.47. The van der Waals surface area contributed by atoms with Gasteiger partial charge in [0.1, 0.15) is 0 Å². The molecule has 2 N–H and O–H groups in total. The Balaban J connectivity index is 0.00000420. The summed E-state index contributed by atoms with van der Waals surface area (Å²) >= 11 is 0. The Morgan fingerprint density at radius 3 is 2.48 bits per heavy atom. The number of hydrogen-bond acceptors (Lipinski definition) is 4. The van der Waals surface area contributed by atoms with Crippen molar-refractivity contribution in [2.45, 2.75) is 32.0 Å². The second kappa shape index (κ2) is 13.0. The number of rotatable bonds is 8. The Bertz CT molecular complexity index is 638. The van der Waals surface area contributed by atoms with Gasteiger partial charge in [0.2, 0.25) is 0 Å². The molecule has 0 spiro atoms. The van der Waals surface area contributed by atoms with Crippen LogP contribution in [-0.4, -0.2) is 64.0 Å². The number of benzene rings is 1. The predicted octanol–water partition coefficient (Wildman–Crippen LogP) is 3.41. The summed E-state index contributed by atoms with van der Waals surface area (Å²) < 4.78 is 46.9. The molecule has 0 aromatic heterocycles. The monoisotopic (exact) mass is 530 g/mol. The Kier molecular flexibility index (Phi) is 11.5. The van der Waals surface area contributed by atoms with Crippen LogP contribution in [0, 0.1) is 0 Å². The molecule has 0 bridgehead atoms. The zero-order valence-electron chi connectivity index (χ0n) is 16.8. The van der Waals surface area contributed by atoms with E-state index in [9.17, 15) is 13.2 Å². The first-order chi connectivity index (χ1) is 13.4. The summed E-state index contributed by atoms with van der Waals surface area (Å²) in [6.45, 7) is 3.17. The van der Waals surface area contributed by atoms with E-state index in [0.29, 0.717) is 12.5 Å². The van der Waals surface area contributed by atoms with E-state index in [-0.39, 0.29) is 35.5 Å². The molecular formula is C19H30F3IN4O2. The number of likely N-dealkylation sites (tertiary alicyclic amines) is 1. The molecule has 1 aliphatic heterocycles. The summed E-state index contributed by atoms with van der Waals surface area (Å²) in [7, 11) is 3.10. The van der Waals surface area contributed by atoms with Gasteiger partial charge in [0.05, 0.1) is 7.11 Å². The second-order valence-electron chi connectivity index (χ2n) is 6.64. The van der Waals surface area contributed by atoms with Crippen LogP contribution in [0.3, 0.4) is 0 Å². The van der Waals surface area contributed by atoms with Gasteiger partial charge in [0.25, 0.3) is 0 Å². The van der Waals surface area contributed by atoms with Gasteiger partial charge in [-0.25, -0.2) is 0 Å². The molecule has 0 aliphatic carbocycles. The fraction of sp³-hybridized carbons (Fsp3) is 0.632. The SMILES string of the molecule is CN=C(NCCN1CCCCC1)NCc1ccc(OCC(F)(F)F)c(OC)c1.I. The molecule has 0 saturated carbocycles. The van der Waals surface area contributed by atoms with Gasteiger partial charge < -0.3 is 25.0 Å². The molecule has 10 heteroatoms. The molecule has 0 amide bonds. The molecule has 1 aromatic rings. The average Bonchev–Trinajstić information content (AvgIpc) is 2.69. The first-order valence-corrected chi connectivity index (χ1v) is 9.44. The van der Waals surface area contributed by atoms with Crippen LogP contribution in [0.5, 0.6) is 11.5 Å². The number of nitrogens with one attached hydrogen (secondary N) is 2. The maximum absolute atomic E-state index is 12.3. The zero-order chi connectivity index (χ0) is 20.4. The molecule has 1 saturated heterocycles. The van der Waals surface area contributed by atoms with Crippen molar-refractivity contribution in [1.82, 2.24) is 15.5 Å². The number of methoxy groups -OCH3 is 1. The number of ether oxygens (including phenoxy) is 2. The quantitative estimate of drug-likeness (QED) is 0.307. The fourth-order valence-corrected chi connectivity index (χ4v) is 3.02. The highest BCUT2D eigenvalue weighted by molar-refractivity contribution is 14.0. The van der Waals surface area contributed by atoms with Crippen molar-refractivity contribution >= 4 is 29.9 Å². The minimum absolute atomic E-state index is 0. The molecular weight excluding hydrogens is 500 g/mol. The van der Waals surface area contributed by atoms with Crippen molar-refractivity contribution in [3.05, 3.63) is 23.8 Å². The largest absolute Gasteiger partial charge is 0.493 e. The standard InChI is InChI=1S/C19H29F3N4O2.HI/c1-23-18(24-8-11-26-9-4-3-5-10-26)25-13-15-6-7-16(17(12-15)27-2)28-14-19(20,21)22;/h6-7,12H,3-5,8-11,13-14H2,1-2H3,(H2,23,24,25);1H. The summed E-state index contributed by atoms with van der Waals surface area (Å²) in [6.07, 6.45) is -0.552.